The Balaban J connectivity index is 1.13. The summed E-state index contributed by atoms with van der Waals surface area (Å²) in [6.45, 7) is 0.385. The molecule has 2 aromatic heterocycles. The molecule has 4 heterocycles. The van der Waals surface area contributed by atoms with E-state index in [2.05, 4.69) is 20.3 Å². The fourth-order valence-corrected chi connectivity index (χ4v) is 4.60. The van der Waals surface area contributed by atoms with Crippen LogP contribution in [0.15, 0.2) is 18.2 Å². The molecule has 37 heavy (non-hydrogen) atoms. The number of imidazole rings is 1. The van der Waals surface area contributed by atoms with Gasteiger partial charge in [-0.15, -0.1) is 0 Å². The lowest BCUT2D eigenvalue weighted by Crippen LogP contribution is -2.34. The first-order valence-corrected chi connectivity index (χ1v) is 12.3. The van der Waals surface area contributed by atoms with Crippen LogP contribution in [0.3, 0.4) is 0 Å². The topological polar surface area (TPSA) is 128 Å². The SMILES string of the molecule is O=C(NCC1CC1)c1cc(F)c(COc2nc3nc(O[C@@H]4COC5[C@H](O)CO[C@@H]54)[nH]c3cc2Cl)c(F)c1. The van der Waals surface area contributed by atoms with E-state index < -0.39 is 48.6 Å². The molecule has 3 N–H and O–H groups in total. The number of aliphatic hydroxyl groups is 1. The molecule has 3 aliphatic rings. The fourth-order valence-electron chi connectivity index (χ4n) is 4.40. The van der Waals surface area contributed by atoms with Crippen LogP contribution in [0.4, 0.5) is 8.78 Å². The minimum atomic E-state index is -0.916. The van der Waals surface area contributed by atoms with E-state index in [9.17, 15) is 18.7 Å². The number of aromatic nitrogens is 3. The van der Waals surface area contributed by atoms with E-state index >= 15 is 0 Å². The number of aliphatic hydroxyl groups excluding tert-OH is 1. The van der Waals surface area contributed by atoms with E-state index in [1.54, 1.807) is 0 Å². The normalized spacial score (nSPS) is 24.9. The number of nitrogens with one attached hydrogen (secondary N) is 2. The lowest BCUT2D eigenvalue weighted by Gasteiger charge is -2.15. The van der Waals surface area contributed by atoms with Crippen molar-refractivity contribution in [2.45, 2.75) is 43.9 Å². The highest BCUT2D eigenvalue weighted by molar-refractivity contribution is 6.32. The van der Waals surface area contributed by atoms with Crippen LogP contribution in [0.2, 0.25) is 5.02 Å². The molecule has 1 unspecified atom stereocenters. The van der Waals surface area contributed by atoms with Crippen LogP contribution in [0.25, 0.3) is 11.2 Å². The van der Waals surface area contributed by atoms with Gasteiger partial charge in [0, 0.05) is 12.1 Å². The summed E-state index contributed by atoms with van der Waals surface area (Å²) >= 11 is 6.27. The molecule has 10 nitrogen and oxygen atoms in total. The summed E-state index contributed by atoms with van der Waals surface area (Å²) in [6, 6.07) is 3.60. The van der Waals surface area contributed by atoms with E-state index in [0.717, 1.165) is 25.0 Å². The van der Waals surface area contributed by atoms with Gasteiger partial charge in [0.05, 0.1) is 24.3 Å². The number of ether oxygens (including phenoxy) is 4. The number of carbonyl (C=O) groups excluding carboxylic acids is 1. The molecule has 2 aliphatic heterocycles. The molecule has 3 aromatic rings. The van der Waals surface area contributed by atoms with Crippen LogP contribution < -0.4 is 14.8 Å². The van der Waals surface area contributed by atoms with Crippen molar-refractivity contribution in [1.29, 1.82) is 0 Å². The highest BCUT2D eigenvalue weighted by atomic mass is 35.5. The number of nitrogens with zero attached hydrogens (tertiary/aromatic N) is 2. The number of fused-ring (bicyclic) bond motifs is 2. The Morgan fingerprint density at radius 1 is 1.16 bits per heavy atom. The third kappa shape index (κ3) is 4.93. The number of halogens is 3. The Labute approximate surface area is 214 Å². The number of hydrogen-bond donors (Lipinski definition) is 3. The summed E-state index contributed by atoms with van der Waals surface area (Å²) in [5.74, 6) is -2.00. The zero-order valence-corrected chi connectivity index (χ0v) is 20.1. The fraction of sp³-hybridized carbons (Fsp3) is 0.458. The Hall–Kier alpha value is -3.06. The van der Waals surface area contributed by atoms with Crippen molar-refractivity contribution >= 4 is 28.7 Å². The Morgan fingerprint density at radius 3 is 2.68 bits per heavy atom. The van der Waals surface area contributed by atoms with E-state index in [1.807, 2.05) is 0 Å². The summed E-state index contributed by atoms with van der Waals surface area (Å²) in [4.78, 5) is 23.6. The first-order valence-electron chi connectivity index (χ1n) is 11.9. The summed E-state index contributed by atoms with van der Waals surface area (Å²) in [5, 5.41) is 12.6. The molecule has 1 aliphatic carbocycles. The zero-order valence-electron chi connectivity index (χ0n) is 19.4. The van der Waals surface area contributed by atoms with Crippen molar-refractivity contribution in [3.8, 4) is 11.9 Å². The second kappa shape index (κ2) is 9.67. The van der Waals surface area contributed by atoms with Crippen molar-refractivity contribution in [3.63, 3.8) is 0 Å². The molecule has 2 saturated heterocycles. The van der Waals surface area contributed by atoms with E-state index in [4.69, 9.17) is 30.5 Å². The second-order valence-corrected chi connectivity index (χ2v) is 9.78. The van der Waals surface area contributed by atoms with Crippen LogP contribution in [0.5, 0.6) is 11.9 Å². The zero-order chi connectivity index (χ0) is 25.7. The molecule has 1 saturated carbocycles. The van der Waals surface area contributed by atoms with Crippen LogP contribution >= 0.6 is 11.6 Å². The quantitative estimate of drug-likeness (QED) is 0.401. The molecule has 4 atom stereocenters. The summed E-state index contributed by atoms with van der Waals surface area (Å²) < 4.78 is 51.7. The highest BCUT2D eigenvalue weighted by Gasteiger charge is 2.48. The molecule has 3 fully saturated rings. The van der Waals surface area contributed by atoms with Gasteiger partial charge in [0.1, 0.15) is 41.6 Å². The van der Waals surface area contributed by atoms with Gasteiger partial charge in [-0.3, -0.25) is 4.79 Å². The lowest BCUT2D eigenvalue weighted by molar-refractivity contribution is 0.00706. The highest BCUT2D eigenvalue weighted by Crippen LogP contribution is 2.32. The van der Waals surface area contributed by atoms with Crippen LogP contribution in [-0.4, -0.2) is 70.1 Å². The van der Waals surface area contributed by atoms with Gasteiger partial charge in [0.2, 0.25) is 5.88 Å². The monoisotopic (exact) mass is 536 g/mol. The maximum Gasteiger partial charge on any atom is 0.296 e. The van der Waals surface area contributed by atoms with Gasteiger partial charge < -0.3 is 34.4 Å². The van der Waals surface area contributed by atoms with Gasteiger partial charge >= 0.3 is 0 Å². The molecule has 1 aromatic carbocycles. The molecular weight excluding hydrogens is 514 g/mol. The average molecular weight is 537 g/mol. The van der Waals surface area contributed by atoms with Crippen molar-refractivity contribution in [3.05, 3.63) is 46.0 Å². The summed E-state index contributed by atoms with van der Waals surface area (Å²) in [7, 11) is 0. The number of H-pyrrole nitrogens is 1. The van der Waals surface area contributed by atoms with Gasteiger partial charge in [0.25, 0.3) is 11.9 Å². The first-order chi connectivity index (χ1) is 17.9. The predicted molar refractivity (Wildman–Crippen MR) is 125 cm³/mol. The maximum absolute atomic E-state index is 14.6. The molecular formula is C24H23ClF2N4O6. The Kier molecular flexibility index (Phi) is 6.35. The maximum atomic E-state index is 14.6. The van der Waals surface area contributed by atoms with Gasteiger partial charge in [-0.1, -0.05) is 11.6 Å². The van der Waals surface area contributed by atoms with Gasteiger partial charge in [0.15, 0.2) is 11.8 Å². The standard InChI is InChI=1S/C24H23ClF2N4O6/c25-13-5-16-21(31-24(29-16)37-18-9-35-19-17(32)8-34-20(18)19)30-23(13)36-7-12-14(26)3-11(4-15(12)27)22(33)28-6-10-1-2-10/h3-5,10,17-20,32H,1-2,6-9H2,(H,28,33)(H,29,30,31)/t17-,18-,19?,20-/m1/s1. The summed E-state index contributed by atoms with van der Waals surface area (Å²) in [5.41, 5.74) is 0.199. The molecule has 196 valence electrons. The van der Waals surface area contributed by atoms with Gasteiger partial charge in [-0.25, -0.2) is 8.78 Å². The molecule has 0 spiro atoms. The van der Waals surface area contributed by atoms with Crippen LogP contribution in [0.1, 0.15) is 28.8 Å². The Morgan fingerprint density at radius 2 is 1.92 bits per heavy atom. The van der Waals surface area contributed by atoms with Crippen molar-refractivity contribution in [2.24, 2.45) is 5.92 Å². The van der Waals surface area contributed by atoms with Crippen LogP contribution in [0, 0.1) is 17.6 Å². The number of hydrogen-bond acceptors (Lipinski definition) is 8. The average Bonchev–Trinajstić information content (AvgIpc) is 3.32. The van der Waals surface area contributed by atoms with Crippen molar-refractivity contribution in [1.82, 2.24) is 20.3 Å². The van der Waals surface area contributed by atoms with Crippen molar-refractivity contribution in [2.75, 3.05) is 19.8 Å². The number of benzene rings is 1. The minimum absolute atomic E-state index is 0.0798. The molecule has 0 bridgehead atoms. The smallest absolute Gasteiger partial charge is 0.296 e. The second-order valence-electron chi connectivity index (χ2n) is 9.37. The predicted octanol–water partition coefficient (Wildman–Crippen LogP) is 2.51. The molecule has 0 radical (unpaired) electrons. The number of amides is 1. The number of pyridine rings is 1. The minimum Gasteiger partial charge on any atom is -0.471 e. The molecule has 6 rings (SSSR count). The lowest BCUT2D eigenvalue weighted by atomic mass is 10.1. The first kappa shape index (κ1) is 24.3. The Bertz CT molecular complexity index is 1330. The molecule has 1 amide bonds. The summed E-state index contributed by atoms with van der Waals surface area (Å²) in [6.07, 6.45) is 0.0475. The third-order valence-electron chi connectivity index (χ3n) is 6.62. The van der Waals surface area contributed by atoms with Crippen LogP contribution in [-0.2, 0) is 16.1 Å². The molecule has 13 heteroatoms. The van der Waals surface area contributed by atoms with E-state index in [1.165, 1.54) is 6.07 Å². The number of rotatable bonds is 8. The van der Waals surface area contributed by atoms with E-state index in [0.29, 0.717) is 18.0 Å². The third-order valence-corrected chi connectivity index (χ3v) is 6.89. The largest absolute Gasteiger partial charge is 0.471 e. The van der Waals surface area contributed by atoms with E-state index in [-0.39, 0.29) is 46.9 Å². The number of carbonyl (C=O) groups is 1. The van der Waals surface area contributed by atoms with Crippen molar-refractivity contribution < 1.29 is 37.6 Å². The number of aromatic amines is 1. The van der Waals surface area contributed by atoms with Gasteiger partial charge in [-0.2, -0.15) is 9.97 Å². The van der Waals surface area contributed by atoms with Gasteiger partial charge in [-0.05, 0) is 37.0 Å².